The molecule has 0 bridgehead atoms. The van der Waals surface area contributed by atoms with E-state index in [4.69, 9.17) is 23.2 Å². The van der Waals surface area contributed by atoms with Crippen LogP contribution in [0.15, 0.2) is 12.1 Å². The van der Waals surface area contributed by atoms with Crippen molar-refractivity contribution in [2.45, 2.75) is 6.92 Å². The first-order valence-corrected chi connectivity index (χ1v) is 4.96. The van der Waals surface area contributed by atoms with Crippen LogP contribution in [-0.4, -0.2) is 4.98 Å². The molecule has 1 aromatic carbocycles. The Kier molecular flexibility index (Phi) is 1.99. The van der Waals surface area contributed by atoms with E-state index in [9.17, 15) is 0 Å². The van der Waals surface area contributed by atoms with Crippen LogP contribution in [0, 0.1) is 6.92 Å². The van der Waals surface area contributed by atoms with Gasteiger partial charge >= 0.3 is 0 Å². The van der Waals surface area contributed by atoms with E-state index in [-0.39, 0.29) is 0 Å². The molecule has 4 heteroatoms. The Labute approximate surface area is 83.9 Å². The Morgan fingerprint density at radius 2 is 2.08 bits per heavy atom. The Bertz CT molecular complexity index is 397. The van der Waals surface area contributed by atoms with E-state index in [1.807, 2.05) is 19.1 Å². The highest BCUT2D eigenvalue weighted by Crippen LogP contribution is 2.29. The van der Waals surface area contributed by atoms with Crippen molar-refractivity contribution in [3.8, 4) is 0 Å². The van der Waals surface area contributed by atoms with E-state index in [0.717, 1.165) is 20.8 Å². The molecule has 2 aromatic rings. The number of benzene rings is 1. The van der Waals surface area contributed by atoms with Crippen LogP contribution in [-0.2, 0) is 0 Å². The number of hydrogen-bond acceptors (Lipinski definition) is 2. The lowest BCUT2D eigenvalue weighted by molar-refractivity contribution is 1.46. The first-order chi connectivity index (χ1) is 5.66. The van der Waals surface area contributed by atoms with Gasteiger partial charge in [0.15, 0.2) is 4.47 Å². The fourth-order valence-corrected chi connectivity index (χ4v) is 2.29. The molecule has 0 unspecified atom stereocenters. The third-order valence-electron chi connectivity index (χ3n) is 1.64. The molecule has 1 nitrogen and oxygen atoms in total. The number of rotatable bonds is 0. The summed E-state index contributed by atoms with van der Waals surface area (Å²) in [7, 11) is 0. The fraction of sp³-hybridized carbons (Fsp3) is 0.125. The predicted molar refractivity (Wildman–Crippen MR) is 54.4 cm³/mol. The second-order valence-electron chi connectivity index (χ2n) is 2.54. The van der Waals surface area contributed by atoms with E-state index in [1.54, 1.807) is 0 Å². The summed E-state index contributed by atoms with van der Waals surface area (Å²) in [6, 6.07) is 3.84. The van der Waals surface area contributed by atoms with Gasteiger partial charge in [-0.2, -0.15) is 0 Å². The zero-order valence-electron chi connectivity index (χ0n) is 6.27. The zero-order valence-corrected chi connectivity index (χ0v) is 8.59. The van der Waals surface area contributed by atoms with Crippen molar-refractivity contribution in [2.75, 3.05) is 0 Å². The fourth-order valence-electron chi connectivity index (χ4n) is 1.02. The largest absolute Gasteiger partial charge is 0.225 e. The van der Waals surface area contributed by atoms with Crippen LogP contribution in [0.1, 0.15) is 5.56 Å². The lowest BCUT2D eigenvalue weighted by atomic mass is 10.2. The van der Waals surface area contributed by atoms with Gasteiger partial charge in [0.1, 0.15) is 0 Å². The standard InChI is InChI=1S/C8H5Cl2NS/c1-4-2-7-6(3-5(4)9)11-8(10)12-7/h2-3H,1H3. The van der Waals surface area contributed by atoms with Gasteiger partial charge in [-0.05, 0) is 24.6 Å². The molecular weight excluding hydrogens is 213 g/mol. The van der Waals surface area contributed by atoms with Crippen molar-refractivity contribution in [1.29, 1.82) is 0 Å². The molecule has 0 saturated carbocycles. The number of nitrogens with zero attached hydrogens (tertiary/aromatic N) is 1. The molecule has 0 radical (unpaired) electrons. The summed E-state index contributed by atoms with van der Waals surface area (Å²) < 4.78 is 1.65. The average molecular weight is 218 g/mol. The predicted octanol–water partition coefficient (Wildman–Crippen LogP) is 3.91. The Hall–Kier alpha value is -0.310. The molecule has 62 valence electrons. The van der Waals surface area contributed by atoms with Gasteiger partial charge in [0.2, 0.25) is 0 Å². The normalized spacial score (nSPS) is 10.9. The molecule has 0 atom stereocenters. The number of aryl methyl sites for hydroxylation is 1. The van der Waals surface area contributed by atoms with Crippen LogP contribution in [0.4, 0.5) is 0 Å². The highest BCUT2D eigenvalue weighted by atomic mass is 35.5. The van der Waals surface area contributed by atoms with Crippen LogP contribution in [0.25, 0.3) is 10.2 Å². The van der Waals surface area contributed by atoms with Gasteiger partial charge in [0.05, 0.1) is 10.2 Å². The molecule has 12 heavy (non-hydrogen) atoms. The molecular formula is C8H5Cl2NS. The van der Waals surface area contributed by atoms with E-state index in [0.29, 0.717) is 4.47 Å². The summed E-state index contributed by atoms with van der Waals surface area (Å²) in [5.74, 6) is 0. The monoisotopic (exact) mass is 217 g/mol. The first kappa shape index (κ1) is 8.30. The summed E-state index contributed by atoms with van der Waals surface area (Å²) in [4.78, 5) is 4.11. The van der Waals surface area contributed by atoms with Crippen LogP contribution in [0.3, 0.4) is 0 Å². The number of aromatic nitrogens is 1. The summed E-state index contributed by atoms with van der Waals surface area (Å²) >= 11 is 13.1. The Morgan fingerprint density at radius 1 is 1.33 bits per heavy atom. The zero-order chi connectivity index (χ0) is 8.72. The third kappa shape index (κ3) is 1.30. The molecule has 0 aliphatic heterocycles. The molecule has 0 spiro atoms. The van der Waals surface area contributed by atoms with E-state index >= 15 is 0 Å². The van der Waals surface area contributed by atoms with Crippen molar-refractivity contribution in [2.24, 2.45) is 0 Å². The minimum Gasteiger partial charge on any atom is -0.225 e. The van der Waals surface area contributed by atoms with Crippen LogP contribution in [0.5, 0.6) is 0 Å². The third-order valence-corrected chi connectivity index (χ3v) is 3.17. The second kappa shape index (κ2) is 2.87. The molecule has 0 aliphatic carbocycles. The number of thiazole rings is 1. The van der Waals surface area contributed by atoms with E-state index < -0.39 is 0 Å². The summed E-state index contributed by atoms with van der Waals surface area (Å²) in [6.07, 6.45) is 0. The van der Waals surface area contributed by atoms with Gasteiger partial charge < -0.3 is 0 Å². The molecule has 0 saturated heterocycles. The maximum atomic E-state index is 5.92. The van der Waals surface area contributed by atoms with Gasteiger partial charge in [-0.1, -0.05) is 23.2 Å². The van der Waals surface area contributed by atoms with Crippen LogP contribution < -0.4 is 0 Å². The van der Waals surface area contributed by atoms with Gasteiger partial charge in [0.25, 0.3) is 0 Å². The molecule has 0 aliphatic rings. The highest BCUT2D eigenvalue weighted by molar-refractivity contribution is 7.22. The van der Waals surface area contributed by atoms with Crippen molar-refractivity contribution < 1.29 is 0 Å². The van der Waals surface area contributed by atoms with Crippen molar-refractivity contribution in [3.05, 3.63) is 27.2 Å². The highest BCUT2D eigenvalue weighted by Gasteiger charge is 2.03. The summed E-state index contributed by atoms with van der Waals surface area (Å²) in [5, 5.41) is 0.740. The minimum absolute atomic E-state index is 0.562. The molecule has 2 rings (SSSR count). The smallest absolute Gasteiger partial charge is 0.184 e. The lowest BCUT2D eigenvalue weighted by Crippen LogP contribution is -1.74. The van der Waals surface area contributed by atoms with Crippen molar-refractivity contribution in [3.63, 3.8) is 0 Å². The van der Waals surface area contributed by atoms with Gasteiger partial charge in [0, 0.05) is 5.02 Å². The molecule has 0 fully saturated rings. The Balaban J connectivity index is 2.83. The van der Waals surface area contributed by atoms with Crippen molar-refractivity contribution >= 4 is 44.8 Å². The minimum atomic E-state index is 0.562. The van der Waals surface area contributed by atoms with E-state index in [1.165, 1.54) is 11.3 Å². The number of fused-ring (bicyclic) bond motifs is 1. The molecule has 0 amide bonds. The maximum absolute atomic E-state index is 5.92. The van der Waals surface area contributed by atoms with Crippen molar-refractivity contribution in [1.82, 2.24) is 4.98 Å². The maximum Gasteiger partial charge on any atom is 0.184 e. The SMILES string of the molecule is Cc1cc2sc(Cl)nc2cc1Cl. The summed E-state index contributed by atoms with van der Waals surface area (Å²) in [6.45, 7) is 1.97. The quantitative estimate of drug-likeness (QED) is 0.653. The average Bonchev–Trinajstić information content (AvgIpc) is 2.30. The molecule has 1 heterocycles. The van der Waals surface area contributed by atoms with Gasteiger partial charge in [-0.25, -0.2) is 4.98 Å². The molecule has 0 N–H and O–H groups in total. The van der Waals surface area contributed by atoms with E-state index in [2.05, 4.69) is 4.98 Å². The summed E-state index contributed by atoms with van der Waals surface area (Å²) in [5.41, 5.74) is 1.94. The van der Waals surface area contributed by atoms with Crippen LogP contribution in [0.2, 0.25) is 9.49 Å². The number of hydrogen-bond donors (Lipinski definition) is 0. The topological polar surface area (TPSA) is 12.9 Å². The second-order valence-corrected chi connectivity index (χ2v) is 4.56. The Morgan fingerprint density at radius 3 is 2.83 bits per heavy atom. The lowest BCUT2D eigenvalue weighted by Gasteiger charge is -1.94. The van der Waals surface area contributed by atoms with Gasteiger partial charge in [-0.3, -0.25) is 0 Å². The first-order valence-electron chi connectivity index (χ1n) is 3.39. The molecule has 1 aromatic heterocycles. The van der Waals surface area contributed by atoms with Crippen LogP contribution >= 0.6 is 34.5 Å². The van der Waals surface area contributed by atoms with Gasteiger partial charge in [-0.15, -0.1) is 11.3 Å². The number of halogens is 2.